The molecule has 154 valence electrons. The highest BCUT2D eigenvalue weighted by atomic mass is 16.2. The Morgan fingerprint density at radius 1 is 1.03 bits per heavy atom. The Morgan fingerprint density at radius 3 is 2.33 bits per heavy atom. The van der Waals surface area contributed by atoms with Gasteiger partial charge in [-0.25, -0.2) is 9.48 Å². The zero-order valence-electron chi connectivity index (χ0n) is 16.3. The van der Waals surface area contributed by atoms with Gasteiger partial charge in [-0.1, -0.05) is 24.3 Å². The van der Waals surface area contributed by atoms with Gasteiger partial charge in [0.2, 0.25) is 5.91 Å². The lowest BCUT2D eigenvalue weighted by Crippen LogP contribution is -2.35. The second kappa shape index (κ2) is 8.91. The number of urea groups is 1. The summed E-state index contributed by atoms with van der Waals surface area (Å²) in [5.74, 6) is -0.884. The van der Waals surface area contributed by atoms with Crippen molar-refractivity contribution in [3.05, 3.63) is 77.6 Å². The summed E-state index contributed by atoms with van der Waals surface area (Å²) >= 11 is 0. The smallest absolute Gasteiger partial charge is 0.312 e. The van der Waals surface area contributed by atoms with Crippen LogP contribution in [0.15, 0.2) is 60.8 Å². The van der Waals surface area contributed by atoms with Crippen LogP contribution in [0.1, 0.15) is 34.1 Å². The van der Waals surface area contributed by atoms with Crippen LogP contribution in [-0.2, 0) is 4.79 Å². The van der Waals surface area contributed by atoms with Gasteiger partial charge in [-0.15, -0.1) is 0 Å². The van der Waals surface area contributed by atoms with Crippen molar-refractivity contribution in [1.82, 2.24) is 15.1 Å². The minimum Gasteiger partial charge on any atom is -0.364 e. The summed E-state index contributed by atoms with van der Waals surface area (Å²) in [5, 5.41) is 9.51. The first-order valence-corrected chi connectivity index (χ1v) is 9.21. The van der Waals surface area contributed by atoms with E-state index in [0.29, 0.717) is 11.4 Å². The molecule has 0 aliphatic heterocycles. The molecule has 0 aliphatic carbocycles. The summed E-state index contributed by atoms with van der Waals surface area (Å²) in [5.41, 5.74) is 13.7. The molecule has 0 saturated heterocycles. The van der Waals surface area contributed by atoms with E-state index in [1.165, 1.54) is 10.7 Å². The molecule has 0 bridgehead atoms. The number of carbonyl (C=O) groups excluding carboxylic acids is 3. The van der Waals surface area contributed by atoms with Gasteiger partial charge in [0.25, 0.3) is 5.91 Å². The number of hydrogen-bond donors (Lipinski definition) is 4. The molecule has 3 rings (SSSR count). The van der Waals surface area contributed by atoms with E-state index in [2.05, 4.69) is 15.7 Å². The summed E-state index contributed by atoms with van der Waals surface area (Å²) in [6.45, 7) is 1.90. The number of aryl methyl sites for hydroxylation is 1. The minimum atomic E-state index is -0.699. The number of anilines is 1. The van der Waals surface area contributed by atoms with Gasteiger partial charge < -0.3 is 22.1 Å². The summed E-state index contributed by atoms with van der Waals surface area (Å²) in [7, 11) is 0. The molecule has 0 saturated carbocycles. The van der Waals surface area contributed by atoms with Gasteiger partial charge in [-0.2, -0.15) is 5.10 Å². The van der Waals surface area contributed by atoms with Crippen LogP contribution in [0.2, 0.25) is 0 Å². The Bertz CT molecular complexity index is 1070. The number of nitrogens with one attached hydrogen (secondary N) is 2. The Morgan fingerprint density at radius 2 is 1.73 bits per heavy atom. The van der Waals surface area contributed by atoms with Crippen LogP contribution in [0, 0.1) is 6.92 Å². The van der Waals surface area contributed by atoms with Crippen molar-refractivity contribution in [2.75, 3.05) is 5.32 Å². The molecule has 1 aromatic heterocycles. The number of nitrogens with zero attached hydrogens (tertiary/aromatic N) is 2. The number of benzene rings is 2. The molecule has 0 radical (unpaired) electrons. The maximum Gasteiger partial charge on any atom is 0.312 e. The van der Waals surface area contributed by atoms with E-state index in [-0.39, 0.29) is 18.0 Å². The lowest BCUT2D eigenvalue weighted by Gasteiger charge is -2.19. The van der Waals surface area contributed by atoms with E-state index < -0.39 is 18.0 Å². The first-order valence-electron chi connectivity index (χ1n) is 9.21. The first-order chi connectivity index (χ1) is 14.3. The molecule has 0 spiro atoms. The third-order valence-electron chi connectivity index (χ3n) is 4.53. The van der Waals surface area contributed by atoms with Crippen LogP contribution in [0.3, 0.4) is 0 Å². The van der Waals surface area contributed by atoms with Gasteiger partial charge in [-0.3, -0.25) is 9.59 Å². The van der Waals surface area contributed by atoms with Gasteiger partial charge in [0.15, 0.2) is 0 Å². The number of aromatic nitrogens is 2. The molecule has 6 N–H and O–H groups in total. The SMILES string of the molecule is Cc1ccccc1C(CC(=O)Nc1ccc(-n2ccc(C(N)=O)n2)cc1)NC(N)=O. The van der Waals surface area contributed by atoms with Crippen LogP contribution in [0.5, 0.6) is 0 Å². The van der Waals surface area contributed by atoms with Gasteiger partial charge in [0.1, 0.15) is 5.69 Å². The van der Waals surface area contributed by atoms with Crippen LogP contribution < -0.4 is 22.1 Å². The normalized spacial score (nSPS) is 11.5. The summed E-state index contributed by atoms with van der Waals surface area (Å²) < 4.78 is 1.51. The number of carbonyl (C=O) groups is 3. The fourth-order valence-electron chi connectivity index (χ4n) is 3.08. The van der Waals surface area contributed by atoms with E-state index in [9.17, 15) is 14.4 Å². The van der Waals surface area contributed by atoms with E-state index in [0.717, 1.165) is 11.1 Å². The standard InChI is InChI=1S/C21H22N6O3/c1-13-4-2-3-5-16(13)18(25-21(23)30)12-19(28)24-14-6-8-15(9-7-14)27-11-10-17(26-27)20(22)29/h2-11,18H,12H2,1H3,(H2,22,29)(H,24,28)(H3,23,25,30). The third kappa shape index (κ3) is 5.02. The van der Waals surface area contributed by atoms with Crippen molar-refractivity contribution < 1.29 is 14.4 Å². The zero-order chi connectivity index (χ0) is 21.7. The number of hydrogen-bond acceptors (Lipinski definition) is 4. The molecule has 9 nitrogen and oxygen atoms in total. The van der Waals surface area contributed by atoms with Crippen molar-refractivity contribution in [3.63, 3.8) is 0 Å². The second-order valence-electron chi connectivity index (χ2n) is 6.73. The average Bonchev–Trinajstić information content (AvgIpc) is 3.18. The highest BCUT2D eigenvalue weighted by Gasteiger charge is 2.19. The molecule has 30 heavy (non-hydrogen) atoms. The molecule has 1 heterocycles. The first kappa shape index (κ1) is 20.6. The third-order valence-corrected chi connectivity index (χ3v) is 4.53. The minimum absolute atomic E-state index is 0.0245. The molecular weight excluding hydrogens is 384 g/mol. The highest BCUT2D eigenvalue weighted by Crippen LogP contribution is 2.22. The lowest BCUT2D eigenvalue weighted by molar-refractivity contribution is -0.116. The second-order valence-corrected chi connectivity index (χ2v) is 6.73. The van der Waals surface area contributed by atoms with Crippen molar-refractivity contribution in [3.8, 4) is 5.69 Å². The number of amides is 4. The fraction of sp³-hybridized carbons (Fsp3) is 0.143. The highest BCUT2D eigenvalue weighted by molar-refractivity contribution is 5.92. The molecular formula is C21H22N6O3. The zero-order valence-corrected chi connectivity index (χ0v) is 16.3. The largest absolute Gasteiger partial charge is 0.364 e. The van der Waals surface area contributed by atoms with Crippen LogP contribution >= 0.6 is 0 Å². The quantitative estimate of drug-likeness (QED) is 0.475. The molecule has 2 aromatic carbocycles. The molecule has 4 amide bonds. The van der Waals surface area contributed by atoms with Gasteiger partial charge in [0, 0.05) is 11.9 Å². The topological polar surface area (TPSA) is 145 Å². The molecule has 1 unspecified atom stereocenters. The van der Waals surface area contributed by atoms with E-state index in [1.54, 1.807) is 30.5 Å². The van der Waals surface area contributed by atoms with Gasteiger partial charge in [0.05, 0.1) is 18.2 Å². The summed E-state index contributed by atoms with van der Waals surface area (Å²) in [6, 6.07) is 14.7. The monoisotopic (exact) mass is 406 g/mol. The maximum absolute atomic E-state index is 12.6. The van der Waals surface area contributed by atoms with Gasteiger partial charge >= 0.3 is 6.03 Å². The molecule has 9 heteroatoms. The van der Waals surface area contributed by atoms with E-state index in [1.807, 2.05) is 31.2 Å². The number of primary amides is 2. The Hall–Kier alpha value is -4.14. The predicted octanol–water partition coefficient (Wildman–Crippen LogP) is 2.02. The molecule has 3 aromatic rings. The summed E-state index contributed by atoms with van der Waals surface area (Å²) in [4.78, 5) is 35.1. The Balaban J connectivity index is 1.69. The van der Waals surface area contributed by atoms with Gasteiger partial charge in [-0.05, 0) is 48.4 Å². The summed E-state index contributed by atoms with van der Waals surface area (Å²) in [6.07, 6.45) is 1.65. The van der Waals surface area contributed by atoms with Crippen LogP contribution in [-0.4, -0.2) is 27.6 Å². The molecule has 1 atom stereocenters. The predicted molar refractivity (Wildman–Crippen MR) is 112 cm³/mol. The van der Waals surface area contributed by atoms with Crippen molar-refractivity contribution in [2.24, 2.45) is 11.5 Å². The molecule has 0 fully saturated rings. The maximum atomic E-state index is 12.6. The lowest BCUT2D eigenvalue weighted by atomic mass is 9.98. The fourth-order valence-corrected chi connectivity index (χ4v) is 3.08. The number of rotatable bonds is 7. The van der Waals surface area contributed by atoms with Crippen molar-refractivity contribution in [2.45, 2.75) is 19.4 Å². The van der Waals surface area contributed by atoms with Crippen molar-refractivity contribution >= 4 is 23.5 Å². The van der Waals surface area contributed by atoms with Crippen LogP contribution in [0.4, 0.5) is 10.5 Å². The molecule has 0 aliphatic rings. The van der Waals surface area contributed by atoms with E-state index >= 15 is 0 Å². The Kier molecular flexibility index (Phi) is 6.11. The average molecular weight is 406 g/mol. The van der Waals surface area contributed by atoms with Crippen molar-refractivity contribution in [1.29, 1.82) is 0 Å². The van der Waals surface area contributed by atoms with E-state index in [4.69, 9.17) is 11.5 Å². The van der Waals surface area contributed by atoms with Crippen LogP contribution in [0.25, 0.3) is 5.69 Å². The number of nitrogens with two attached hydrogens (primary N) is 2. The Labute approximate surface area is 173 Å².